The van der Waals surface area contributed by atoms with Crippen LogP contribution in [-0.2, 0) is 32.6 Å². The Bertz CT molecular complexity index is 1720. The van der Waals surface area contributed by atoms with Crippen molar-refractivity contribution < 1.29 is 18.0 Å². The number of hydrogen-bond donors (Lipinski definition) is 1. The molecule has 0 bridgehead atoms. The van der Waals surface area contributed by atoms with E-state index in [4.69, 9.17) is 11.6 Å². The van der Waals surface area contributed by atoms with Gasteiger partial charge in [-0.1, -0.05) is 95.5 Å². The van der Waals surface area contributed by atoms with Crippen LogP contribution in [0.15, 0.2) is 108 Å². The normalized spacial score (nSPS) is 12.3. The van der Waals surface area contributed by atoms with E-state index < -0.39 is 34.1 Å². The largest absolute Gasteiger partial charge is 0.350 e. The van der Waals surface area contributed by atoms with Gasteiger partial charge in [-0.05, 0) is 76.1 Å². The van der Waals surface area contributed by atoms with Gasteiger partial charge in [0.15, 0.2) is 0 Å². The highest BCUT2D eigenvalue weighted by molar-refractivity contribution is 7.92. The van der Waals surface area contributed by atoms with Gasteiger partial charge in [-0.15, -0.1) is 0 Å². The second-order valence-corrected chi connectivity index (χ2v) is 14.5. The number of nitrogens with zero attached hydrogens (tertiary/aromatic N) is 2. The number of halogens is 1. The summed E-state index contributed by atoms with van der Waals surface area (Å²) in [5.74, 6) is -0.897. The van der Waals surface area contributed by atoms with Crippen LogP contribution in [0.3, 0.4) is 0 Å². The van der Waals surface area contributed by atoms with Gasteiger partial charge in [0.1, 0.15) is 12.6 Å². The van der Waals surface area contributed by atoms with E-state index in [0.717, 1.165) is 21.0 Å². The lowest BCUT2D eigenvalue weighted by atomic mass is 10.0. The molecule has 0 heterocycles. The number of carbonyl (C=O) groups excluding carboxylic acids is 2. The van der Waals surface area contributed by atoms with E-state index in [2.05, 4.69) is 5.32 Å². The van der Waals surface area contributed by atoms with Gasteiger partial charge < -0.3 is 10.2 Å². The SMILES string of the molecule is Cc1ccc(N(CC(=O)N(Cc2ccccc2Cl)[C@H](Cc2ccccc2)C(=O)NC(C)(C)C)S(=O)(=O)c2ccc(C)cc2)cc1. The van der Waals surface area contributed by atoms with Crippen molar-refractivity contribution in [3.8, 4) is 0 Å². The average Bonchev–Trinajstić information content (AvgIpc) is 2.99. The van der Waals surface area contributed by atoms with E-state index >= 15 is 0 Å². The molecule has 0 aliphatic rings. The van der Waals surface area contributed by atoms with Crippen molar-refractivity contribution in [3.63, 3.8) is 0 Å². The van der Waals surface area contributed by atoms with E-state index in [1.54, 1.807) is 54.6 Å². The molecule has 7 nitrogen and oxygen atoms in total. The number of amides is 2. The Kier molecular flexibility index (Phi) is 10.7. The zero-order valence-corrected chi connectivity index (χ0v) is 27.9. The minimum absolute atomic E-state index is 0.000112. The molecule has 45 heavy (non-hydrogen) atoms. The molecule has 0 aliphatic carbocycles. The van der Waals surface area contributed by atoms with Crippen LogP contribution in [0.2, 0.25) is 5.02 Å². The fourth-order valence-electron chi connectivity index (χ4n) is 4.89. The molecular formula is C36H40ClN3O4S. The number of nitrogens with one attached hydrogen (secondary N) is 1. The van der Waals surface area contributed by atoms with E-state index in [9.17, 15) is 18.0 Å². The quantitative estimate of drug-likeness (QED) is 0.197. The maximum Gasteiger partial charge on any atom is 0.264 e. The summed E-state index contributed by atoms with van der Waals surface area (Å²) in [7, 11) is -4.17. The molecule has 4 aromatic rings. The molecule has 4 rings (SSSR count). The van der Waals surface area contributed by atoms with Gasteiger partial charge in [-0.3, -0.25) is 13.9 Å². The molecule has 0 aliphatic heterocycles. The molecular weight excluding hydrogens is 606 g/mol. The molecule has 0 saturated carbocycles. The third-order valence-corrected chi connectivity index (χ3v) is 9.43. The van der Waals surface area contributed by atoms with Crippen LogP contribution in [0.5, 0.6) is 0 Å². The number of sulfonamides is 1. The summed E-state index contributed by atoms with van der Waals surface area (Å²) in [5, 5.41) is 3.47. The van der Waals surface area contributed by atoms with Crippen LogP contribution in [0.4, 0.5) is 5.69 Å². The van der Waals surface area contributed by atoms with Crippen molar-refractivity contribution in [2.24, 2.45) is 0 Å². The molecule has 0 unspecified atom stereocenters. The molecule has 1 N–H and O–H groups in total. The maximum atomic E-state index is 14.5. The minimum atomic E-state index is -4.17. The van der Waals surface area contributed by atoms with Gasteiger partial charge in [-0.25, -0.2) is 8.42 Å². The smallest absolute Gasteiger partial charge is 0.264 e. The summed E-state index contributed by atoms with van der Waals surface area (Å²) in [5.41, 5.74) is 3.11. The standard InChI is InChI=1S/C36H40ClN3O4S/c1-26-15-19-30(20-16-26)40(45(43,44)31-21-17-27(2)18-22-31)25-34(41)39(24-29-13-9-10-14-32(29)37)33(35(42)38-36(3,4)5)23-28-11-7-6-8-12-28/h6-22,33H,23-25H2,1-5H3,(H,38,42)/t33-/m1/s1. The topological polar surface area (TPSA) is 86.8 Å². The predicted molar refractivity (Wildman–Crippen MR) is 181 cm³/mol. The first-order valence-electron chi connectivity index (χ1n) is 14.8. The highest BCUT2D eigenvalue weighted by atomic mass is 35.5. The van der Waals surface area contributed by atoms with Gasteiger partial charge in [0.25, 0.3) is 10.0 Å². The first kappa shape index (κ1) is 33.7. The third kappa shape index (κ3) is 8.96. The predicted octanol–water partition coefficient (Wildman–Crippen LogP) is 6.71. The van der Waals surface area contributed by atoms with E-state index in [0.29, 0.717) is 16.3 Å². The van der Waals surface area contributed by atoms with Crippen LogP contribution in [0, 0.1) is 13.8 Å². The molecule has 1 atom stereocenters. The Morgan fingerprint density at radius 1 is 0.800 bits per heavy atom. The van der Waals surface area contributed by atoms with Gasteiger partial charge in [0.05, 0.1) is 10.6 Å². The molecule has 0 aromatic heterocycles. The monoisotopic (exact) mass is 645 g/mol. The minimum Gasteiger partial charge on any atom is -0.350 e. The lowest BCUT2D eigenvalue weighted by Gasteiger charge is -2.35. The molecule has 0 saturated heterocycles. The lowest BCUT2D eigenvalue weighted by Crippen LogP contribution is -2.56. The van der Waals surface area contributed by atoms with Crippen LogP contribution in [0.25, 0.3) is 0 Å². The number of benzene rings is 4. The van der Waals surface area contributed by atoms with Crippen LogP contribution in [-0.4, -0.2) is 43.3 Å². The van der Waals surface area contributed by atoms with E-state index in [1.165, 1.54) is 17.0 Å². The van der Waals surface area contributed by atoms with Crippen molar-refractivity contribution in [3.05, 3.63) is 130 Å². The number of rotatable bonds is 11. The fourth-order valence-corrected chi connectivity index (χ4v) is 6.50. The van der Waals surface area contributed by atoms with Crippen molar-refractivity contribution in [2.75, 3.05) is 10.8 Å². The molecule has 9 heteroatoms. The first-order valence-corrected chi connectivity index (χ1v) is 16.6. The number of hydrogen-bond acceptors (Lipinski definition) is 4. The zero-order chi connectivity index (χ0) is 32.8. The molecule has 4 aromatic carbocycles. The third-order valence-electron chi connectivity index (χ3n) is 7.28. The van der Waals surface area contributed by atoms with Gasteiger partial charge in [0, 0.05) is 23.5 Å². The Morgan fingerprint density at radius 3 is 1.93 bits per heavy atom. The molecule has 236 valence electrons. The van der Waals surface area contributed by atoms with Crippen LogP contribution in [0.1, 0.15) is 43.0 Å². The Labute approximate surface area is 271 Å². The second-order valence-electron chi connectivity index (χ2n) is 12.2. The average molecular weight is 646 g/mol. The summed E-state index contributed by atoms with van der Waals surface area (Å²) in [6, 6.07) is 29.1. The maximum absolute atomic E-state index is 14.5. The van der Waals surface area contributed by atoms with Crippen molar-refractivity contribution in [2.45, 2.75) is 64.1 Å². The molecule has 0 fully saturated rings. The van der Waals surface area contributed by atoms with E-state index in [1.807, 2.05) is 71.0 Å². The Balaban J connectivity index is 1.82. The van der Waals surface area contributed by atoms with Crippen LogP contribution < -0.4 is 9.62 Å². The van der Waals surface area contributed by atoms with Crippen molar-refractivity contribution >= 4 is 39.1 Å². The van der Waals surface area contributed by atoms with E-state index in [-0.39, 0.29) is 23.8 Å². The fraction of sp³-hybridized carbons (Fsp3) is 0.278. The Morgan fingerprint density at radius 2 is 1.36 bits per heavy atom. The number of anilines is 1. The summed E-state index contributed by atoms with van der Waals surface area (Å²) in [6.07, 6.45) is 0.216. The number of aryl methyl sites for hydroxylation is 2. The molecule has 2 amide bonds. The summed E-state index contributed by atoms with van der Waals surface area (Å²) in [4.78, 5) is 30.0. The Hall–Kier alpha value is -4.14. The van der Waals surface area contributed by atoms with Gasteiger partial charge in [0.2, 0.25) is 11.8 Å². The van der Waals surface area contributed by atoms with Crippen molar-refractivity contribution in [1.82, 2.24) is 10.2 Å². The summed E-state index contributed by atoms with van der Waals surface area (Å²) < 4.78 is 29.4. The highest BCUT2D eigenvalue weighted by Crippen LogP contribution is 2.27. The highest BCUT2D eigenvalue weighted by Gasteiger charge is 2.35. The van der Waals surface area contributed by atoms with Gasteiger partial charge in [-0.2, -0.15) is 0 Å². The lowest BCUT2D eigenvalue weighted by molar-refractivity contribution is -0.140. The van der Waals surface area contributed by atoms with Crippen LogP contribution >= 0.6 is 11.6 Å². The van der Waals surface area contributed by atoms with Gasteiger partial charge >= 0.3 is 0 Å². The second kappa shape index (κ2) is 14.3. The number of carbonyl (C=O) groups is 2. The summed E-state index contributed by atoms with van der Waals surface area (Å²) >= 11 is 6.56. The van der Waals surface area contributed by atoms with Crippen molar-refractivity contribution in [1.29, 1.82) is 0 Å². The zero-order valence-electron chi connectivity index (χ0n) is 26.3. The first-order chi connectivity index (χ1) is 21.2. The summed E-state index contributed by atoms with van der Waals surface area (Å²) in [6.45, 7) is 8.87. The molecule has 0 radical (unpaired) electrons. The molecule has 0 spiro atoms.